The van der Waals surface area contributed by atoms with Crippen molar-refractivity contribution in [1.82, 2.24) is 0 Å². The lowest BCUT2D eigenvalue weighted by Crippen LogP contribution is -2.36. The molecule has 0 aliphatic carbocycles. The van der Waals surface area contributed by atoms with Crippen LogP contribution in [0.3, 0.4) is 0 Å². The number of anilines is 1. The molecule has 1 amide bonds. The highest BCUT2D eigenvalue weighted by atomic mass is 127. The molecule has 8 heteroatoms. The van der Waals surface area contributed by atoms with Gasteiger partial charge >= 0.3 is 6.09 Å². The number of nitrogens with zero attached hydrogens (tertiary/aromatic N) is 1. The summed E-state index contributed by atoms with van der Waals surface area (Å²) in [5.41, 5.74) is 2.57. The highest BCUT2D eigenvalue weighted by Gasteiger charge is 2.36. The minimum atomic E-state index is -0.578. The topological polar surface area (TPSA) is 80.8 Å². The standard InChI is InChI=1S/C22H29NO4.C18H21IO2/c1-5-6-11-26-19-12-18-20(17-10-8-7-9-16(17)19)15(14-24)13-23(18)21(25)27-22(2,3)4;1-2-3-10-20-17-11-13(8-9-14-12-21-14)18(19)16-7-5-4-6-15(16)17/h7-10,12,15,24H,5-6,11,13-14H2,1-4H3;4-7,11,14H,2-3,8-10,12H2,1H3/t15-;14-/m01/s1. The second kappa shape index (κ2) is 16.5. The molecule has 48 heavy (non-hydrogen) atoms. The van der Waals surface area contributed by atoms with Crippen LogP contribution in [0.4, 0.5) is 10.5 Å². The zero-order valence-electron chi connectivity index (χ0n) is 29.0. The van der Waals surface area contributed by atoms with Crippen molar-refractivity contribution in [2.24, 2.45) is 0 Å². The summed E-state index contributed by atoms with van der Waals surface area (Å²) in [6.07, 6.45) is 6.56. The van der Waals surface area contributed by atoms with E-state index in [0.717, 1.165) is 85.3 Å². The second-order valence-electron chi connectivity index (χ2n) is 13.6. The Labute approximate surface area is 299 Å². The summed E-state index contributed by atoms with van der Waals surface area (Å²) in [7, 11) is 0. The summed E-state index contributed by atoms with van der Waals surface area (Å²) < 4.78 is 24.4. The zero-order valence-corrected chi connectivity index (χ0v) is 31.2. The molecule has 2 aliphatic rings. The van der Waals surface area contributed by atoms with E-state index in [2.05, 4.69) is 66.8 Å². The van der Waals surface area contributed by atoms with E-state index in [1.54, 1.807) is 4.90 Å². The number of unbranched alkanes of at least 4 members (excludes halogenated alkanes) is 2. The third kappa shape index (κ3) is 8.93. The Balaban J connectivity index is 0.000000194. The van der Waals surface area contributed by atoms with Gasteiger partial charge in [0.05, 0.1) is 38.2 Å². The summed E-state index contributed by atoms with van der Waals surface area (Å²) >= 11 is 2.47. The van der Waals surface area contributed by atoms with Gasteiger partial charge in [0.1, 0.15) is 17.1 Å². The summed E-state index contributed by atoms with van der Waals surface area (Å²) in [6.45, 7) is 12.6. The van der Waals surface area contributed by atoms with Gasteiger partial charge in [-0.05, 0) is 97.0 Å². The van der Waals surface area contributed by atoms with E-state index in [9.17, 15) is 9.90 Å². The number of hydrogen-bond acceptors (Lipinski definition) is 6. The van der Waals surface area contributed by atoms with Crippen molar-refractivity contribution in [2.45, 2.75) is 90.8 Å². The molecular weight excluding hydrogens is 717 g/mol. The number of benzene rings is 4. The van der Waals surface area contributed by atoms with E-state index in [1.165, 1.54) is 19.9 Å². The fourth-order valence-corrected chi connectivity index (χ4v) is 6.93. The quantitative estimate of drug-likeness (QED) is 0.0879. The molecular formula is C40H50INO6. The number of aliphatic hydroxyl groups is 1. The molecule has 0 spiro atoms. The first-order chi connectivity index (χ1) is 23.1. The SMILES string of the molecule is CCCCOc1cc(CC[C@@H]2CO2)c(I)c2ccccc12.CCCCOc1cc2c(c3ccccc13)[C@H](CO)CN2C(=O)OC(C)(C)C. The molecule has 2 heterocycles. The van der Waals surface area contributed by atoms with Crippen molar-refractivity contribution in [3.8, 4) is 11.5 Å². The van der Waals surface area contributed by atoms with Crippen LogP contribution in [0, 0.1) is 3.57 Å². The predicted molar refractivity (Wildman–Crippen MR) is 203 cm³/mol. The number of halogens is 1. The summed E-state index contributed by atoms with van der Waals surface area (Å²) in [4.78, 5) is 14.4. The van der Waals surface area contributed by atoms with Gasteiger partial charge in [-0.15, -0.1) is 0 Å². The Bertz CT molecular complexity index is 1700. The van der Waals surface area contributed by atoms with E-state index in [-0.39, 0.29) is 12.5 Å². The van der Waals surface area contributed by atoms with Crippen LogP contribution < -0.4 is 14.4 Å². The Morgan fingerprint density at radius 3 is 2.04 bits per heavy atom. The summed E-state index contributed by atoms with van der Waals surface area (Å²) in [5.74, 6) is 1.67. The van der Waals surface area contributed by atoms with Crippen LogP contribution in [0.5, 0.6) is 11.5 Å². The molecule has 1 fully saturated rings. The Kier molecular flexibility index (Phi) is 12.5. The van der Waals surface area contributed by atoms with Crippen LogP contribution in [-0.4, -0.2) is 55.9 Å². The van der Waals surface area contributed by atoms with Gasteiger partial charge < -0.3 is 24.1 Å². The number of carbonyl (C=O) groups is 1. The number of ether oxygens (including phenoxy) is 4. The van der Waals surface area contributed by atoms with Gasteiger partial charge in [-0.25, -0.2) is 4.79 Å². The van der Waals surface area contributed by atoms with Crippen molar-refractivity contribution >= 4 is 55.9 Å². The lowest BCUT2D eigenvalue weighted by molar-refractivity contribution is 0.0581. The predicted octanol–water partition coefficient (Wildman–Crippen LogP) is 9.80. The fraction of sp³-hybridized carbons (Fsp3) is 0.475. The fourth-order valence-electron chi connectivity index (χ4n) is 6.04. The van der Waals surface area contributed by atoms with Gasteiger partial charge in [0.25, 0.3) is 0 Å². The Hall–Kier alpha value is -3.08. The lowest BCUT2D eigenvalue weighted by Gasteiger charge is -2.25. The van der Waals surface area contributed by atoms with E-state index >= 15 is 0 Å². The minimum absolute atomic E-state index is 0.0215. The highest BCUT2D eigenvalue weighted by Crippen LogP contribution is 2.45. The first-order valence-electron chi connectivity index (χ1n) is 17.4. The molecule has 1 saturated heterocycles. The Morgan fingerprint density at radius 1 is 0.917 bits per heavy atom. The van der Waals surface area contributed by atoms with Crippen molar-refractivity contribution in [3.05, 3.63) is 75.4 Å². The molecule has 1 N–H and O–H groups in total. The van der Waals surface area contributed by atoms with E-state index in [4.69, 9.17) is 18.9 Å². The Morgan fingerprint density at radius 2 is 1.48 bits per heavy atom. The number of rotatable bonds is 12. The van der Waals surface area contributed by atoms with E-state index in [0.29, 0.717) is 19.3 Å². The van der Waals surface area contributed by atoms with Gasteiger partial charge in [-0.2, -0.15) is 0 Å². The van der Waals surface area contributed by atoms with Gasteiger partial charge in [-0.3, -0.25) is 4.90 Å². The molecule has 0 saturated carbocycles. The number of aliphatic hydroxyl groups excluding tert-OH is 1. The molecule has 0 unspecified atom stereocenters. The van der Waals surface area contributed by atoms with Crippen LogP contribution in [0.1, 0.15) is 83.8 Å². The average molecular weight is 768 g/mol. The van der Waals surface area contributed by atoms with Crippen LogP contribution >= 0.6 is 22.6 Å². The molecule has 2 atom stereocenters. The highest BCUT2D eigenvalue weighted by molar-refractivity contribution is 14.1. The maximum Gasteiger partial charge on any atom is 0.414 e. The number of fused-ring (bicyclic) bond motifs is 4. The molecule has 0 bridgehead atoms. The van der Waals surface area contributed by atoms with E-state index < -0.39 is 11.7 Å². The third-order valence-electron chi connectivity index (χ3n) is 8.63. The lowest BCUT2D eigenvalue weighted by atomic mass is 9.95. The monoisotopic (exact) mass is 767 g/mol. The maximum atomic E-state index is 12.8. The normalized spacial score (nSPS) is 16.8. The van der Waals surface area contributed by atoms with Gasteiger partial charge in [0.2, 0.25) is 0 Å². The van der Waals surface area contributed by atoms with Crippen molar-refractivity contribution < 1.29 is 28.8 Å². The third-order valence-corrected chi connectivity index (χ3v) is 9.90. The maximum absolute atomic E-state index is 12.8. The minimum Gasteiger partial charge on any atom is -0.493 e. The molecule has 0 radical (unpaired) electrons. The van der Waals surface area contributed by atoms with Crippen LogP contribution in [0.25, 0.3) is 21.5 Å². The van der Waals surface area contributed by atoms with Crippen LogP contribution in [0.2, 0.25) is 0 Å². The molecule has 4 aromatic rings. The number of carbonyl (C=O) groups excluding carboxylic acids is 1. The molecule has 7 nitrogen and oxygen atoms in total. The number of epoxide rings is 1. The molecule has 4 aromatic carbocycles. The van der Waals surface area contributed by atoms with Crippen molar-refractivity contribution in [1.29, 1.82) is 0 Å². The van der Waals surface area contributed by atoms with Gasteiger partial charge in [-0.1, -0.05) is 75.2 Å². The molecule has 6 rings (SSSR count). The number of aryl methyl sites for hydroxylation is 1. The first-order valence-corrected chi connectivity index (χ1v) is 18.5. The number of amides is 1. The molecule has 0 aromatic heterocycles. The summed E-state index contributed by atoms with van der Waals surface area (Å²) in [6, 6.07) is 20.7. The van der Waals surface area contributed by atoms with Crippen LogP contribution in [-0.2, 0) is 15.9 Å². The first kappa shape index (κ1) is 36.2. The van der Waals surface area contributed by atoms with Crippen molar-refractivity contribution in [3.63, 3.8) is 0 Å². The second-order valence-corrected chi connectivity index (χ2v) is 14.7. The largest absolute Gasteiger partial charge is 0.493 e. The van der Waals surface area contributed by atoms with Gasteiger partial charge in [0, 0.05) is 32.9 Å². The smallest absolute Gasteiger partial charge is 0.414 e. The van der Waals surface area contributed by atoms with Crippen molar-refractivity contribution in [2.75, 3.05) is 37.9 Å². The van der Waals surface area contributed by atoms with Crippen LogP contribution in [0.15, 0.2) is 60.7 Å². The molecule has 258 valence electrons. The zero-order chi connectivity index (χ0) is 34.3. The van der Waals surface area contributed by atoms with Gasteiger partial charge in [0.15, 0.2) is 0 Å². The summed E-state index contributed by atoms with van der Waals surface area (Å²) in [5, 5.41) is 14.5. The average Bonchev–Trinajstić information content (AvgIpc) is 3.83. The molecule has 2 aliphatic heterocycles. The van der Waals surface area contributed by atoms with E-state index in [1.807, 2.05) is 51.1 Å². The number of hydrogen-bond donors (Lipinski definition) is 1.